The van der Waals surface area contributed by atoms with Crippen molar-refractivity contribution < 1.29 is 4.79 Å². The predicted molar refractivity (Wildman–Crippen MR) is 114 cm³/mol. The Morgan fingerprint density at radius 3 is 2.55 bits per heavy atom. The average Bonchev–Trinajstić information content (AvgIpc) is 3.15. The van der Waals surface area contributed by atoms with Crippen molar-refractivity contribution in [3.05, 3.63) is 95.9 Å². The third-order valence-corrected chi connectivity index (χ3v) is 5.00. The van der Waals surface area contributed by atoms with E-state index in [0.29, 0.717) is 10.7 Å². The minimum absolute atomic E-state index is 0.305. The maximum absolute atomic E-state index is 12.1. The average molecular weight is 398 g/mol. The molecule has 0 bridgehead atoms. The fourth-order valence-corrected chi connectivity index (χ4v) is 3.64. The Hall–Kier alpha value is -3.70. The lowest BCUT2D eigenvalue weighted by atomic mass is 9.99. The SMILES string of the molecule is O=C1C=C(c2ccc3nccc(-c4ccncc4)c3c2)N(c2cccc(Cl)c2)[N]1. The van der Waals surface area contributed by atoms with Gasteiger partial charge >= 0.3 is 0 Å². The summed E-state index contributed by atoms with van der Waals surface area (Å²) in [5, 5.41) is 3.19. The molecule has 139 valence electrons. The number of hydrogen-bond donors (Lipinski definition) is 0. The van der Waals surface area contributed by atoms with Gasteiger partial charge in [0.1, 0.15) is 0 Å². The third kappa shape index (κ3) is 3.22. The first-order valence-electron chi connectivity index (χ1n) is 9.01. The second-order valence-electron chi connectivity index (χ2n) is 6.59. The highest BCUT2D eigenvalue weighted by atomic mass is 35.5. The zero-order valence-electron chi connectivity index (χ0n) is 15.2. The molecule has 1 radical (unpaired) electrons. The molecule has 2 aromatic carbocycles. The molecule has 1 aliphatic heterocycles. The summed E-state index contributed by atoms with van der Waals surface area (Å²) < 4.78 is 0. The highest BCUT2D eigenvalue weighted by molar-refractivity contribution is 6.30. The molecule has 0 atom stereocenters. The molecule has 0 saturated heterocycles. The van der Waals surface area contributed by atoms with E-state index in [-0.39, 0.29) is 5.91 Å². The molecule has 29 heavy (non-hydrogen) atoms. The van der Waals surface area contributed by atoms with Crippen molar-refractivity contribution in [1.82, 2.24) is 15.4 Å². The number of anilines is 1. The highest BCUT2D eigenvalue weighted by Crippen LogP contribution is 2.34. The molecule has 0 N–H and O–H groups in total. The molecule has 5 rings (SSSR count). The molecular weight excluding hydrogens is 384 g/mol. The van der Waals surface area contributed by atoms with Crippen LogP contribution in [0.4, 0.5) is 5.69 Å². The normalized spacial score (nSPS) is 13.5. The Kier molecular flexibility index (Phi) is 4.22. The Morgan fingerprint density at radius 1 is 0.862 bits per heavy atom. The minimum Gasteiger partial charge on any atom is -0.266 e. The van der Waals surface area contributed by atoms with Crippen LogP contribution in [0.15, 0.2) is 85.3 Å². The molecule has 5 nitrogen and oxygen atoms in total. The molecular formula is C23H14ClN4O. The Balaban J connectivity index is 1.65. The van der Waals surface area contributed by atoms with Gasteiger partial charge in [0.15, 0.2) is 0 Å². The van der Waals surface area contributed by atoms with Gasteiger partial charge in [-0.15, -0.1) is 5.43 Å². The predicted octanol–water partition coefficient (Wildman–Crippen LogP) is 4.86. The van der Waals surface area contributed by atoms with Crippen molar-refractivity contribution in [2.24, 2.45) is 0 Å². The van der Waals surface area contributed by atoms with E-state index in [0.717, 1.165) is 33.3 Å². The second-order valence-corrected chi connectivity index (χ2v) is 7.02. The lowest BCUT2D eigenvalue weighted by Gasteiger charge is -2.20. The number of carbonyl (C=O) groups is 1. The summed E-state index contributed by atoms with van der Waals surface area (Å²) in [5.74, 6) is -0.305. The lowest BCUT2D eigenvalue weighted by Crippen LogP contribution is -2.27. The van der Waals surface area contributed by atoms with Crippen molar-refractivity contribution in [1.29, 1.82) is 0 Å². The van der Waals surface area contributed by atoms with E-state index in [2.05, 4.69) is 15.4 Å². The number of carbonyl (C=O) groups excluding carboxylic acids is 1. The number of rotatable bonds is 3. The molecule has 1 amide bonds. The molecule has 0 fully saturated rings. The first-order chi connectivity index (χ1) is 14.2. The fraction of sp³-hybridized carbons (Fsp3) is 0. The van der Waals surface area contributed by atoms with E-state index >= 15 is 0 Å². The van der Waals surface area contributed by atoms with Crippen LogP contribution in [0.25, 0.3) is 27.7 Å². The van der Waals surface area contributed by atoms with E-state index in [1.54, 1.807) is 35.7 Å². The van der Waals surface area contributed by atoms with Crippen LogP contribution in [0.5, 0.6) is 0 Å². The van der Waals surface area contributed by atoms with Crippen LogP contribution in [0.2, 0.25) is 5.02 Å². The molecule has 0 saturated carbocycles. The molecule has 3 heterocycles. The minimum atomic E-state index is -0.305. The number of nitrogens with zero attached hydrogens (tertiary/aromatic N) is 4. The molecule has 1 aliphatic rings. The van der Waals surface area contributed by atoms with Crippen molar-refractivity contribution in [2.75, 3.05) is 5.01 Å². The van der Waals surface area contributed by atoms with E-state index in [9.17, 15) is 4.79 Å². The maximum atomic E-state index is 12.1. The van der Waals surface area contributed by atoms with Crippen molar-refractivity contribution in [3.63, 3.8) is 0 Å². The van der Waals surface area contributed by atoms with Gasteiger partial charge in [0, 0.05) is 40.6 Å². The summed E-state index contributed by atoms with van der Waals surface area (Å²) in [4.78, 5) is 20.7. The van der Waals surface area contributed by atoms with Crippen LogP contribution < -0.4 is 10.4 Å². The Labute approximate surface area is 172 Å². The van der Waals surface area contributed by atoms with Gasteiger partial charge in [0.05, 0.1) is 16.9 Å². The van der Waals surface area contributed by atoms with Crippen LogP contribution >= 0.6 is 11.6 Å². The largest absolute Gasteiger partial charge is 0.288 e. The van der Waals surface area contributed by atoms with Crippen molar-refractivity contribution in [2.45, 2.75) is 0 Å². The number of halogens is 1. The molecule has 0 unspecified atom stereocenters. The van der Waals surface area contributed by atoms with Crippen LogP contribution in [-0.2, 0) is 4.79 Å². The van der Waals surface area contributed by atoms with Gasteiger partial charge in [-0.25, -0.2) is 5.01 Å². The summed E-state index contributed by atoms with van der Waals surface area (Å²) in [6, 6.07) is 19.1. The van der Waals surface area contributed by atoms with Crippen LogP contribution in [0, 0.1) is 0 Å². The van der Waals surface area contributed by atoms with Gasteiger partial charge in [-0.1, -0.05) is 23.7 Å². The van der Waals surface area contributed by atoms with E-state index in [4.69, 9.17) is 11.6 Å². The van der Waals surface area contributed by atoms with E-state index in [1.165, 1.54) is 6.08 Å². The summed E-state index contributed by atoms with van der Waals surface area (Å²) in [5.41, 5.74) is 9.42. The second kappa shape index (κ2) is 7.04. The number of amides is 1. The topological polar surface area (TPSA) is 60.2 Å². The lowest BCUT2D eigenvalue weighted by molar-refractivity contribution is -0.116. The molecule has 0 spiro atoms. The molecule has 6 heteroatoms. The van der Waals surface area contributed by atoms with Crippen LogP contribution in [0.1, 0.15) is 5.56 Å². The zero-order valence-corrected chi connectivity index (χ0v) is 15.9. The van der Waals surface area contributed by atoms with Crippen molar-refractivity contribution in [3.8, 4) is 11.1 Å². The van der Waals surface area contributed by atoms with Crippen LogP contribution in [-0.4, -0.2) is 15.9 Å². The summed E-state index contributed by atoms with van der Waals surface area (Å²) in [6.45, 7) is 0. The van der Waals surface area contributed by atoms with Gasteiger partial charge in [0.25, 0.3) is 5.91 Å². The van der Waals surface area contributed by atoms with Crippen LogP contribution in [0.3, 0.4) is 0 Å². The summed E-state index contributed by atoms with van der Waals surface area (Å²) in [7, 11) is 0. The molecule has 2 aromatic heterocycles. The fourth-order valence-electron chi connectivity index (χ4n) is 3.46. The van der Waals surface area contributed by atoms with Gasteiger partial charge < -0.3 is 0 Å². The number of hydrogen-bond acceptors (Lipinski definition) is 4. The summed E-state index contributed by atoms with van der Waals surface area (Å²) >= 11 is 6.13. The number of pyridine rings is 2. The van der Waals surface area contributed by atoms with Gasteiger partial charge in [-0.2, -0.15) is 0 Å². The molecule has 4 aromatic rings. The molecule has 0 aliphatic carbocycles. The van der Waals surface area contributed by atoms with Gasteiger partial charge in [-0.05, 0) is 59.7 Å². The van der Waals surface area contributed by atoms with Gasteiger partial charge in [-0.3, -0.25) is 14.8 Å². The monoisotopic (exact) mass is 397 g/mol. The quantitative estimate of drug-likeness (QED) is 0.495. The first kappa shape index (κ1) is 17.4. The Bertz CT molecular complexity index is 1270. The first-order valence-corrected chi connectivity index (χ1v) is 9.39. The number of fused-ring (bicyclic) bond motifs is 1. The standard InChI is InChI=1S/C23H14ClN4O/c24-17-2-1-3-18(13-17)28-22(14-23(29)27-28)16-4-5-21-20(12-16)19(8-11-26-21)15-6-9-25-10-7-15/h1-14H. The Morgan fingerprint density at radius 2 is 1.72 bits per heavy atom. The van der Waals surface area contributed by atoms with E-state index < -0.39 is 0 Å². The number of aromatic nitrogens is 2. The maximum Gasteiger partial charge on any atom is 0.288 e. The zero-order chi connectivity index (χ0) is 19.8. The summed E-state index contributed by atoms with van der Waals surface area (Å²) in [6.07, 6.45) is 6.86. The van der Waals surface area contributed by atoms with Crippen molar-refractivity contribution >= 4 is 39.8 Å². The third-order valence-electron chi connectivity index (χ3n) is 4.77. The smallest absolute Gasteiger partial charge is 0.266 e. The highest BCUT2D eigenvalue weighted by Gasteiger charge is 2.26. The number of benzene rings is 2. The van der Waals surface area contributed by atoms with Gasteiger partial charge in [0.2, 0.25) is 0 Å². The van der Waals surface area contributed by atoms with E-state index in [1.807, 2.05) is 48.5 Å².